The molecular formula is C16H22N4O3. The highest BCUT2D eigenvalue weighted by Crippen LogP contribution is 2.22. The lowest BCUT2D eigenvalue weighted by atomic mass is 9.95. The fourth-order valence-corrected chi connectivity index (χ4v) is 3.22. The number of nitrogens with one attached hydrogen (secondary N) is 1. The first kappa shape index (κ1) is 15.7. The maximum absolute atomic E-state index is 12.1. The Morgan fingerprint density at radius 2 is 2.35 bits per heavy atom. The van der Waals surface area contributed by atoms with Crippen LogP contribution in [0.3, 0.4) is 0 Å². The van der Waals surface area contributed by atoms with Crippen LogP contribution in [-0.4, -0.2) is 38.4 Å². The Hall–Kier alpha value is -2.15. The number of nitrogens with zero attached hydrogens (tertiary/aromatic N) is 3. The summed E-state index contributed by atoms with van der Waals surface area (Å²) in [5, 5.41) is 16.1. The Morgan fingerprint density at radius 1 is 1.52 bits per heavy atom. The molecule has 7 heteroatoms. The van der Waals surface area contributed by atoms with Gasteiger partial charge in [0.25, 0.3) is 0 Å². The maximum atomic E-state index is 12.1. The van der Waals surface area contributed by atoms with Gasteiger partial charge >= 0.3 is 0 Å². The van der Waals surface area contributed by atoms with Gasteiger partial charge in [-0.05, 0) is 26.7 Å². The molecule has 23 heavy (non-hydrogen) atoms. The van der Waals surface area contributed by atoms with Gasteiger partial charge in [-0.1, -0.05) is 5.16 Å². The molecule has 1 amide bonds. The molecule has 2 aromatic heterocycles. The van der Waals surface area contributed by atoms with E-state index in [2.05, 4.69) is 20.0 Å². The Kier molecular flexibility index (Phi) is 4.47. The first-order valence-corrected chi connectivity index (χ1v) is 7.94. The number of aliphatic hydroxyl groups excluding tert-OH is 1. The zero-order valence-electron chi connectivity index (χ0n) is 13.5. The molecule has 2 N–H and O–H groups in total. The number of imidazole rings is 1. The second-order valence-electron chi connectivity index (χ2n) is 6.04. The average Bonchev–Trinajstić information content (AvgIpc) is 3.03. The van der Waals surface area contributed by atoms with Crippen molar-refractivity contribution >= 4 is 5.91 Å². The van der Waals surface area contributed by atoms with Crippen molar-refractivity contribution in [1.82, 2.24) is 20.0 Å². The first-order valence-electron chi connectivity index (χ1n) is 7.94. The summed E-state index contributed by atoms with van der Waals surface area (Å²) < 4.78 is 7.05. The van der Waals surface area contributed by atoms with E-state index >= 15 is 0 Å². The lowest BCUT2D eigenvalue weighted by Crippen LogP contribution is -2.40. The van der Waals surface area contributed by atoms with E-state index in [1.807, 2.05) is 13.8 Å². The lowest BCUT2D eigenvalue weighted by Gasteiger charge is -2.23. The summed E-state index contributed by atoms with van der Waals surface area (Å²) in [5.74, 6) is 1.59. The number of amides is 1. The third-order valence-corrected chi connectivity index (χ3v) is 4.22. The van der Waals surface area contributed by atoms with Crippen LogP contribution in [0, 0.1) is 13.8 Å². The first-order chi connectivity index (χ1) is 11.1. The van der Waals surface area contributed by atoms with Crippen molar-refractivity contribution in [3.05, 3.63) is 34.7 Å². The van der Waals surface area contributed by atoms with Gasteiger partial charge in [0.05, 0.1) is 24.4 Å². The fourth-order valence-electron chi connectivity index (χ4n) is 3.22. The van der Waals surface area contributed by atoms with Crippen LogP contribution in [0.4, 0.5) is 0 Å². The number of hydrogen-bond acceptors (Lipinski definition) is 5. The minimum Gasteiger partial charge on any atom is -0.395 e. The van der Waals surface area contributed by atoms with E-state index < -0.39 is 0 Å². The summed E-state index contributed by atoms with van der Waals surface area (Å²) in [6.45, 7) is 4.45. The molecule has 0 aliphatic heterocycles. The number of carbonyl (C=O) groups excluding carboxylic acids is 1. The zero-order valence-corrected chi connectivity index (χ0v) is 13.5. The van der Waals surface area contributed by atoms with Crippen LogP contribution >= 0.6 is 0 Å². The smallest absolute Gasteiger partial charge is 0.226 e. The Balaban J connectivity index is 1.61. The van der Waals surface area contributed by atoms with Crippen LogP contribution in [0.15, 0.2) is 10.6 Å². The van der Waals surface area contributed by atoms with Gasteiger partial charge in [0, 0.05) is 30.8 Å². The molecule has 1 unspecified atom stereocenters. The van der Waals surface area contributed by atoms with E-state index in [0.29, 0.717) is 18.0 Å². The van der Waals surface area contributed by atoms with Crippen molar-refractivity contribution in [3.63, 3.8) is 0 Å². The zero-order chi connectivity index (χ0) is 16.4. The Bertz CT molecular complexity index is 704. The van der Waals surface area contributed by atoms with Crippen molar-refractivity contribution in [2.75, 3.05) is 6.61 Å². The highest BCUT2D eigenvalue weighted by atomic mass is 16.5. The third-order valence-electron chi connectivity index (χ3n) is 4.22. The summed E-state index contributed by atoms with van der Waals surface area (Å²) in [6.07, 6.45) is 2.72. The summed E-state index contributed by atoms with van der Waals surface area (Å²) in [6, 6.07) is 1.87. The highest BCUT2D eigenvalue weighted by Gasteiger charge is 2.25. The number of hydrogen-bond donors (Lipinski definition) is 2. The molecule has 0 bridgehead atoms. The van der Waals surface area contributed by atoms with Crippen LogP contribution < -0.4 is 5.32 Å². The van der Waals surface area contributed by atoms with Crippen molar-refractivity contribution in [3.8, 4) is 0 Å². The van der Waals surface area contributed by atoms with E-state index in [4.69, 9.17) is 9.63 Å². The van der Waals surface area contributed by atoms with Gasteiger partial charge in [-0.2, -0.15) is 0 Å². The normalized spacial score (nSPS) is 17.1. The monoisotopic (exact) mass is 318 g/mol. The molecular weight excluding hydrogens is 296 g/mol. The maximum Gasteiger partial charge on any atom is 0.226 e. The van der Waals surface area contributed by atoms with Gasteiger partial charge < -0.3 is 19.5 Å². The molecule has 0 saturated carbocycles. The van der Waals surface area contributed by atoms with Gasteiger partial charge in [0.1, 0.15) is 11.6 Å². The average molecular weight is 318 g/mol. The van der Waals surface area contributed by atoms with Crippen LogP contribution in [0.2, 0.25) is 0 Å². The molecule has 2 aromatic rings. The summed E-state index contributed by atoms with van der Waals surface area (Å²) in [4.78, 5) is 16.7. The summed E-state index contributed by atoms with van der Waals surface area (Å²) in [5.41, 5.74) is 2.87. The minimum absolute atomic E-state index is 0.0433. The summed E-state index contributed by atoms with van der Waals surface area (Å²) in [7, 11) is 0. The standard InChI is InChI=1S/C16H22N4O3/c1-10-7-13(19-23-10)9-16(22)18-12-3-4-15-14(8-12)17-11(2)20(15)5-6-21/h7,12,21H,3-6,8-9H2,1-2H3,(H,18,22). The van der Waals surface area contributed by atoms with Crippen molar-refractivity contribution in [2.24, 2.45) is 0 Å². The fraction of sp³-hybridized carbons (Fsp3) is 0.562. The Labute approximate surface area is 134 Å². The second-order valence-corrected chi connectivity index (χ2v) is 6.04. The molecule has 3 rings (SSSR count). The number of rotatable bonds is 5. The number of carbonyl (C=O) groups is 1. The van der Waals surface area contributed by atoms with Crippen molar-refractivity contribution in [1.29, 1.82) is 0 Å². The molecule has 0 saturated heterocycles. The third kappa shape index (κ3) is 3.44. The minimum atomic E-state index is -0.0433. The van der Waals surface area contributed by atoms with E-state index in [-0.39, 0.29) is 25.0 Å². The van der Waals surface area contributed by atoms with Crippen LogP contribution in [0.5, 0.6) is 0 Å². The lowest BCUT2D eigenvalue weighted by molar-refractivity contribution is -0.121. The molecule has 1 aliphatic rings. The van der Waals surface area contributed by atoms with Crippen LogP contribution in [0.1, 0.15) is 35.1 Å². The molecule has 124 valence electrons. The van der Waals surface area contributed by atoms with Crippen LogP contribution in [0.25, 0.3) is 0 Å². The number of fused-ring (bicyclic) bond motifs is 1. The van der Waals surface area contributed by atoms with Gasteiger partial charge in [-0.3, -0.25) is 4.79 Å². The van der Waals surface area contributed by atoms with Gasteiger partial charge in [-0.25, -0.2) is 4.98 Å². The van der Waals surface area contributed by atoms with Gasteiger partial charge in [0.2, 0.25) is 5.91 Å². The topological polar surface area (TPSA) is 93.2 Å². The highest BCUT2D eigenvalue weighted by molar-refractivity contribution is 5.78. The molecule has 0 radical (unpaired) electrons. The largest absolute Gasteiger partial charge is 0.395 e. The molecule has 0 spiro atoms. The molecule has 1 atom stereocenters. The molecule has 0 fully saturated rings. The predicted molar refractivity (Wildman–Crippen MR) is 82.9 cm³/mol. The SMILES string of the molecule is Cc1cc(CC(=O)NC2CCc3c(nc(C)n3CCO)C2)no1. The van der Waals surface area contributed by atoms with E-state index in [1.54, 1.807) is 6.07 Å². The molecule has 7 nitrogen and oxygen atoms in total. The molecule has 0 aromatic carbocycles. The van der Waals surface area contributed by atoms with E-state index in [0.717, 1.165) is 30.8 Å². The number of aliphatic hydroxyl groups is 1. The predicted octanol–water partition coefficient (Wildman–Crippen LogP) is 0.696. The van der Waals surface area contributed by atoms with E-state index in [1.165, 1.54) is 5.69 Å². The molecule has 1 aliphatic carbocycles. The van der Waals surface area contributed by atoms with Gasteiger partial charge in [0.15, 0.2) is 0 Å². The van der Waals surface area contributed by atoms with Crippen molar-refractivity contribution < 1.29 is 14.4 Å². The number of aryl methyl sites for hydroxylation is 2. The van der Waals surface area contributed by atoms with E-state index in [9.17, 15) is 4.79 Å². The van der Waals surface area contributed by atoms with Crippen LogP contribution in [-0.2, 0) is 30.6 Å². The summed E-state index contributed by atoms with van der Waals surface area (Å²) >= 11 is 0. The second kappa shape index (κ2) is 6.54. The quantitative estimate of drug-likeness (QED) is 0.846. The van der Waals surface area contributed by atoms with Gasteiger partial charge in [-0.15, -0.1) is 0 Å². The Morgan fingerprint density at radius 3 is 3.04 bits per heavy atom. The number of aromatic nitrogens is 3. The van der Waals surface area contributed by atoms with Crippen molar-refractivity contribution in [2.45, 2.75) is 52.1 Å². The molecule has 2 heterocycles.